The van der Waals surface area contributed by atoms with E-state index in [1.165, 1.54) is 12.1 Å². The predicted molar refractivity (Wildman–Crippen MR) is 93.4 cm³/mol. The number of carbonyl (C=O) groups is 1. The van der Waals surface area contributed by atoms with Gasteiger partial charge in [-0.25, -0.2) is 12.8 Å². The largest absolute Gasteiger partial charge is 0.358 e. The Morgan fingerprint density at radius 3 is 3.00 bits per heavy atom. The van der Waals surface area contributed by atoms with E-state index in [0.717, 1.165) is 28.6 Å². The first-order valence-electron chi connectivity index (χ1n) is 8.68. The quantitative estimate of drug-likeness (QED) is 0.890. The lowest BCUT2D eigenvalue weighted by molar-refractivity contribution is -0.133. The third-order valence-electron chi connectivity index (χ3n) is 5.31. The van der Waals surface area contributed by atoms with E-state index in [1.807, 2.05) is 0 Å². The number of aromatic amines is 1. The molecular weight excluding hydrogens is 343 g/mol. The molecule has 1 saturated heterocycles. The molecule has 1 unspecified atom stereocenters. The Bertz CT molecular complexity index is 935. The molecule has 2 aromatic rings. The molecule has 25 heavy (non-hydrogen) atoms. The lowest BCUT2D eigenvalue weighted by Crippen LogP contribution is -2.38. The summed E-state index contributed by atoms with van der Waals surface area (Å²) in [7, 11) is -3.00. The minimum atomic E-state index is -3.00. The Balaban J connectivity index is 1.51. The second-order valence-corrected chi connectivity index (χ2v) is 9.39. The van der Waals surface area contributed by atoms with Crippen molar-refractivity contribution in [1.29, 1.82) is 0 Å². The van der Waals surface area contributed by atoms with E-state index in [4.69, 9.17) is 0 Å². The van der Waals surface area contributed by atoms with Crippen molar-refractivity contribution in [3.05, 3.63) is 35.3 Å². The molecule has 0 spiro atoms. The number of aromatic nitrogens is 1. The number of hydrogen-bond donors (Lipinski definition) is 1. The van der Waals surface area contributed by atoms with E-state index in [9.17, 15) is 17.6 Å². The summed E-state index contributed by atoms with van der Waals surface area (Å²) in [4.78, 5) is 17.7. The summed E-state index contributed by atoms with van der Waals surface area (Å²) < 4.78 is 37.1. The molecule has 1 fully saturated rings. The molecule has 2 aliphatic heterocycles. The molecule has 0 radical (unpaired) electrons. The number of hydrogen-bond acceptors (Lipinski definition) is 3. The molecule has 0 aliphatic carbocycles. The van der Waals surface area contributed by atoms with Gasteiger partial charge in [0.1, 0.15) is 5.82 Å². The van der Waals surface area contributed by atoms with Crippen LogP contribution in [0.3, 0.4) is 0 Å². The highest BCUT2D eigenvalue weighted by atomic mass is 32.2. The maximum absolute atomic E-state index is 13.6. The van der Waals surface area contributed by atoms with Gasteiger partial charge >= 0.3 is 0 Å². The fourth-order valence-electron chi connectivity index (χ4n) is 4.05. The van der Waals surface area contributed by atoms with Gasteiger partial charge in [-0.3, -0.25) is 4.79 Å². The van der Waals surface area contributed by atoms with Crippen molar-refractivity contribution < 1.29 is 17.6 Å². The second-order valence-electron chi connectivity index (χ2n) is 7.16. The van der Waals surface area contributed by atoms with Crippen molar-refractivity contribution in [2.24, 2.45) is 5.92 Å². The molecule has 0 bridgehead atoms. The van der Waals surface area contributed by atoms with Crippen molar-refractivity contribution in [1.82, 2.24) is 9.88 Å². The van der Waals surface area contributed by atoms with Gasteiger partial charge in [-0.2, -0.15) is 0 Å². The molecule has 1 atom stereocenters. The summed E-state index contributed by atoms with van der Waals surface area (Å²) in [6.07, 6.45) is 2.43. The van der Waals surface area contributed by atoms with Crippen LogP contribution in [-0.2, 0) is 27.6 Å². The summed E-state index contributed by atoms with van der Waals surface area (Å²) in [5, 5.41) is 0.827. The van der Waals surface area contributed by atoms with Gasteiger partial charge < -0.3 is 9.88 Å². The monoisotopic (exact) mass is 364 g/mol. The molecule has 1 amide bonds. The van der Waals surface area contributed by atoms with Crippen LogP contribution in [0.15, 0.2) is 18.2 Å². The van der Waals surface area contributed by atoms with Crippen LogP contribution >= 0.6 is 0 Å². The minimum Gasteiger partial charge on any atom is -0.358 e. The molecule has 1 aromatic carbocycles. The lowest BCUT2D eigenvalue weighted by Gasteiger charge is -2.30. The maximum atomic E-state index is 13.6. The molecule has 134 valence electrons. The normalized spacial score (nSPS) is 22.8. The van der Waals surface area contributed by atoms with Crippen molar-refractivity contribution in [3.63, 3.8) is 0 Å². The van der Waals surface area contributed by atoms with Gasteiger partial charge in [-0.05, 0) is 37.0 Å². The van der Waals surface area contributed by atoms with Crippen molar-refractivity contribution >= 4 is 26.6 Å². The number of carbonyl (C=O) groups excluding carboxylic acids is 1. The molecule has 5 nitrogen and oxygen atoms in total. The predicted octanol–water partition coefficient (Wildman–Crippen LogP) is 2.41. The molecule has 1 aromatic heterocycles. The van der Waals surface area contributed by atoms with Crippen LogP contribution in [0.1, 0.15) is 30.5 Å². The molecule has 7 heteroatoms. The van der Waals surface area contributed by atoms with Crippen LogP contribution in [0.25, 0.3) is 10.9 Å². The number of nitrogens with one attached hydrogen (secondary N) is 1. The number of halogens is 1. The first-order chi connectivity index (χ1) is 11.9. The number of amides is 1. The lowest BCUT2D eigenvalue weighted by atomic mass is 9.99. The van der Waals surface area contributed by atoms with Gasteiger partial charge in [0.25, 0.3) is 0 Å². The first-order valence-corrected chi connectivity index (χ1v) is 10.5. The topological polar surface area (TPSA) is 70.2 Å². The van der Waals surface area contributed by atoms with E-state index < -0.39 is 9.84 Å². The van der Waals surface area contributed by atoms with Crippen LogP contribution in [0, 0.1) is 11.7 Å². The average Bonchev–Trinajstić information content (AvgIpc) is 2.91. The van der Waals surface area contributed by atoms with Gasteiger partial charge in [-0.15, -0.1) is 0 Å². The Labute approximate surface area is 146 Å². The summed E-state index contributed by atoms with van der Waals surface area (Å²) in [5.41, 5.74) is 2.93. The third-order valence-corrected chi connectivity index (χ3v) is 7.20. The first kappa shape index (κ1) is 16.6. The Hall–Kier alpha value is -1.89. The zero-order chi connectivity index (χ0) is 17.6. The highest BCUT2D eigenvalue weighted by Gasteiger charge is 2.30. The number of benzene rings is 1. The number of fused-ring (bicyclic) bond motifs is 3. The third kappa shape index (κ3) is 3.29. The second kappa shape index (κ2) is 6.12. The summed E-state index contributed by atoms with van der Waals surface area (Å²) in [6, 6.07) is 4.66. The van der Waals surface area contributed by atoms with E-state index in [2.05, 4.69) is 4.98 Å². The molecular formula is C18H21FN2O3S. The van der Waals surface area contributed by atoms with E-state index in [1.54, 1.807) is 11.0 Å². The van der Waals surface area contributed by atoms with Gasteiger partial charge in [0.05, 0.1) is 11.5 Å². The highest BCUT2D eigenvalue weighted by molar-refractivity contribution is 7.91. The zero-order valence-electron chi connectivity index (χ0n) is 13.9. The van der Waals surface area contributed by atoms with Crippen LogP contribution in [-0.4, -0.2) is 42.3 Å². The maximum Gasteiger partial charge on any atom is 0.223 e. The van der Waals surface area contributed by atoms with Crippen molar-refractivity contribution in [3.8, 4) is 0 Å². The molecule has 3 heterocycles. The molecule has 1 N–H and O–H groups in total. The zero-order valence-corrected chi connectivity index (χ0v) is 14.7. The van der Waals surface area contributed by atoms with Crippen LogP contribution < -0.4 is 0 Å². The summed E-state index contributed by atoms with van der Waals surface area (Å²) in [5.74, 6) is -0.00125. The fraction of sp³-hybridized carbons (Fsp3) is 0.500. The van der Waals surface area contributed by atoms with Crippen molar-refractivity contribution in [2.45, 2.75) is 32.2 Å². The summed E-state index contributed by atoms with van der Waals surface area (Å²) >= 11 is 0. The summed E-state index contributed by atoms with van der Waals surface area (Å²) in [6.45, 7) is 1.07. The smallest absolute Gasteiger partial charge is 0.223 e. The number of H-pyrrole nitrogens is 1. The highest BCUT2D eigenvalue weighted by Crippen LogP contribution is 2.29. The van der Waals surface area contributed by atoms with Crippen molar-refractivity contribution in [2.75, 3.05) is 18.1 Å². The van der Waals surface area contributed by atoms with E-state index >= 15 is 0 Å². The van der Waals surface area contributed by atoms with Gasteiger partial charge in [0.15, 0.2) is 9.84 Å². The number of sulfone groups is 1. The molecule has 4 rings (SSSR count). The fourth-order valence-corrected chi connectivity index (χ4v) is 5.83. The van der Waals surface area contributed by atoms with Gasteiger partial charge in [0, 0.05) is 48.1 Å². The molecule has 0 saturated carbocycles. The SMILES string of the molecule is O=C(CC1CCCS(=O)(=O)C1)N1CCc2[nH]c3ccc(F)cc3c2C1. The van der Waals surface area contributed by atoms with Gasteiger partial charge in [0.2, 0.25) is 5.91 Å². The standard InChI is InChI=1S/C18H21FN2O3S/c19-13-3-4-16-14(9-13)15-10-21(6-5-17(15)20-16)18(22)8-12-2-1-7-25(23,24)11-12/h3-4,9,12,20H,1-2,5-8,10-11H2. The number of rotatable bonds is 2. The van der Waals surface area contributed by atoms with E-state index in [0.29, 0.717) is 25.9 Å². The average molecular weight is 364 g/mol. The van der Waals surface area contributed by atoms with Crippen LogP contribution in [0.5, 0.6) is 0 Å². The minimum absolute atomic E-state index is 0.00139. The number of nitrogens with zero attached hydrogens (tertiary/aromatic N) is 1. The molecule has 2 aliphatic rings. The van der Waals surface area contributed by atoms with E-state index in [-0.39, 0.29) is 35.6 Å². The van der Waals surface area contributed by atoms with Crippen LogP contribution in [0.4, 0.5) is 4.39 Å². The van der Waals surface area contributed by atoms with Gasteiger partial charge in [-0.1, -0.05) is 0 Å². The Kier molecular flexibility index (Phi) is 4.06. The Morgan fingerprint density at radius 2 is 2.20 bits per heavy atom. The van der Waals surface area contributed by atoms with Crippen LogP contribution in [0.2, 0.25) is 0 Å². The Morgan fingerprint density at radius 1 is 1.36 bits per heavy atom.